The standard InChI is InChI=1S/C22H23BrN4O4/c1-2-26(13-15-10-17-18(11-16(15)23)31-9-8-30-17)19-20(24)27(22(29)25-21(19)28)12-14-6-4-3-5-7-14/h3-7,10-11H,2,8-9,12-13,24H2,1H3,(H,25,28,29). The first-order chi connectivity index (χ1) is 15.0. The van der Waals surface area contributed by atoms with Gasteiger partial charge in [0.25, 0.3) is 5.56 Å². The van der Waals surface area contributed by atoms with Crippen LogP contribution in [-0.4, -0.2) is 29.3 Å². The van der Waals surface area contributed by atoms with Crippen LogP contribution in [-0.2, 0) is 13.1 Å². The van der Waals surface area contributed by atoms with Crippen LogP contribution in [0.25, 0.3) is 0 Å². The number of hydrogen-bond acceptors (Lipinski definition) is 6. The van der Waals surface area contributed by atoms with Gasteiger partial charge >= 0.3 is 5.69 Å². The molecule has 2 aromatic carbocycles. The normalized spacial score (nSPS) is 12.6. The molecule has 1 aromatic heterocycles. The second-order valence-corrected chi connectivity index (χ2v) is 8.02. The fraction of sp³-hybridized carbons (Fsp3) is 0.273. The number of benzene rings is 2. The third-order valence-electron chi connectivity index (χ3n) is 5.17. The minimum Gasteiger partial charge on any atom is -0.486 e. The first-order valence-electron chi connectivity index (χ1n) is 9.97. The maximum atomic E-state index is 12.7. The number of hydrogen-bond donors (Lipinski definition) is 2. The molecule has 31 heavy (non-hydrogen) atoms. The van der Waals surface area contributed by atoms with Gasteiger partial charge in [0, 0.05) is 17.6 Å². The van der Waals surface area contributed by atoms with Crippen LogP contribution in [0.15, 0.2) is 56.5 Å². The van der Waals surface area contributed by atoms with Crippen molar-refractivity contribution in [2.24, 2.45) is 0 Å². The van der Waals surface area contributed by atoms with Crippen LogP contribution in [0.5, 0.6) is 11.5 Å². The van der Waals surface area contributed by atoms with E-state index in [0.29, 0.717) is 37.8 Å². The summed E-state index contributed by atoms with van der Waals surface area (Å²) in [6.07, 6.45) is 0. The van der Waals surface area contributed by atoms with Gasteiger partial charge < -0.3 is 20.1 Å². The molecule has 8 nitrogen and oxygen atoms in total. The fourth-order valence-electron chi connectivity index (χ4n) is 3.59. The second kappa shape index (κ2) is 8.89. The Labute approximate surface area is 187 Å². The molecule has 9 heteroatoms. The molecular weight excluding hydrogens is 464 g/mol. The van der Waals surface area contributed by atoms with Gasteiger partial charge in [0.1, 0.15) is 24.7 Å². The minimum atomic E-state index is -0.535. The quantitative estimate of drug-likeness (QED) is 0.555. The highest BCUT2D eigenvalue weighted by atomic mass is 79.9. The number of aromatic nitrogens is 2. The number of nitrogens with one attached hydrogen (secondary N) is 1. The fourth-order valence-corrected chi connectivity index (χ4v) is 4.04. The molecule has 0 radical (unpaired) electrons. The second-order valence-electron chi connectivity index (χ2n) is 7.17. The number of nitrogen functional groups attached to an aromatic ring is 1. The zero-order valence-electron chi connectivity index (χ0n) is 17.1. The van der Waals surface area contributed by atoms with E-state index >= 15 is 0 Å². The third-order valence-corrected chi connectivity index (χ3v) is 5.91. The van der Waals surface area contributed by atoms with Crippen LogP contribution in [0.4, 0.5) is 11.5 Å². The summed E-state index contributed by atoms with van der Waals surface area (Å²) in [5, 5.41) is 0. The van der Waals surface area contributed by atoms with Crippen molar-refractivity contribution >= 4 is 27.4 Å². The van der Waals surface area contributed by atoms with Crippen molar-refractivity contribution in [2.45, 2.75) is 20.0 Å². The number of halogens is 1. The van der Waals surface area contributed by atoms with Gasteiger partial charge in [-0.2, -0.15) is 0 Å². The Morgan fingerprint density at radius 1 is 1.13 bits per heavy atom. The monoisotopic (exact) mass is 486 g/mol. The molecule has 0 spiro atoms. The Balaban J connectivity index is 1.71. The lowest BCUT2D eigenvalue weighted by Crippen LogP contribution is -2.38. The lowest BCUT2D eigenvalue weighted by Gasteiger charge is -2.26. The van der Waals surface area contributed by atoms with Crippen molar-refractivity contribution in [1.82, 2.24) is 9.55 Å². The van der Waals surface area contributed by atoms with Crippen LogP contribution in [0.3, 0.4) is 0 Å². The summed E-state index contributed by atoms with van der Waals surface area (Å²) in [4.78, 5) is 29.4. The molecule has 4 rings (SSSR count). The van der Waals surface area contributed by atoms with Gasteiger partial charge in [-0.3, -0.25) is 14.3 Å². The highest BCUT2D eigenvalue weighted by Crippen LogP contribution is 2.36. The van der Waals surface area contributed by atoms with E-state index < -0.39 is 11.2 Å². The molecule has 0 fully saturated rings. The molecular formula is C22H23BrN4O4. The van der Waals surface area contributed by atoms with Crippen LogP contribution in [0, 0.1) is 0 Å². The number of ether oxygens (including phenoxy) is 2. The van der Waals surface area contributed by atoms with Gasteiger partial charge in [-0.25, -0.2) is 4.79 Å². The SMILES string of the molecule is CCN(Cc1cc2c(cc1Br)OCCO2)c1c(N)n(Cc2ccccc2)c(=O)[nH]c1=O. The average molecular weight is 487 g/mol. The van der Waals surface area contributed by atoms with Crippen molar-refractivity contribution in [1.29, 1.82) is 0 Å². The topological polar surface area (TPSA) is 103 Å². The lowest BCUT2D eigenvalue weighted by atomic mass is 10.1. The molecule has 3 aromatic rings. The largest absolute Gasteiger partial charge is 0.486 e. The maximum Gasteiger partial charge on any atom is 0.330 e. The molecule has 1 aliphatic rings. The molecule has 0 atom stereocenters. The highest BCUT2D eigenvalue weighted by Gasteiger charge is 2.21. The molecule has 0 aliphatic carbocycles. The Bertz CT molecular complexity index is 1210. The molecule has 3 N–H and O–H groups in total. The predicted octanol–water partition coefficient (Wildman–Crippen LogP) is 2.73. The highest BCUT2D eigenvalue weighted by molar-refractivity contribution is 9.10. The van der Waals surface area contributed by atoms with Crippen LogP contribution < -0.4 is 31.4 Å². The van der Waals surface area contributed by atoms with E-state index in [4.69, 9.17) is 15.2 Å². The van der Waals surface area contributed by atoms with Gasteiger partial charge in [0.2, 0.25) is 0 Å². The molecule has 0 amide bonds. The summed E-state index contributed by atoms with van der Waals surface area (Å²) in [5.41, 5.74) is 7.39. The Kier molecular flexibility index (Phi) is 6.03. The van der Waals surface area contributed by atoms with Crippen molar-refractivity contribution in [3.8, 4) is 11.5 Å². The number of nitrogens with two attached hydrogens (primary N) is 1. The molecule has 0 unspecified atom stereocenters. The number of nitrogens with zero attached hydrogens (tertiary/aromatic N) is 2. The first kappa shape index (κ1) is 21.0. The molecule has 0 saturated carbocycles. The minimum absolute atomic E-state index is 0.133. The zero-order chi connectivity index (χ0) is 22.0. The van der Waals surface area contributed by atoms with Crippen molar-refractivity contribution < 1.29 is 9.47 Å². The van der Waals surface area contributed by atoms with E-state index in [9.17, 15) is 9.59 Å². The van der Waals surface area contributed by atoms with Crippen LogP contribution in [0.2, 0.25) is 0 Å². The zero-order valence-corrected chi connectivity index (χ0v) is 18.6. The first-order valence-corrected chi connectivity index (χ1v) is 10.8. The smallest absolute Gasteiger partial charge is 0.330 e. The maximum absolute atomic E-state index is 12.7. The predicted molar refractivity (Wildman–Crippen MR) is 123 cm³/mol. The summed E-state index contributed by atoms with van der Waals surface area (Å²) < 4.78 is 13.5. The summed E-state index contributed by atoms with van der Waals surface area (Å²) in [5.74, 6) is 1.48. The van der Waals surface area contributed by atoms with Crippen LogP contribution >= 0.6 is 15.9 Å². The van der Waals surface area contributed by atoms with E-state index in [0.717, 1.165) is 15.6 Å². The van der Waals surface area contributed by atoms with E-state index in [2.05, 4.69) is 20.9 Å². The summed E-state index contributed by atoms with van der Waals surface area (Å²) in [6, 6.07) is 13.2. The van der Waals surface area contributed by atoms with Gasteiger partial charge in [-0.15, -0.1) is 0 Å². The number of H-pyrrole nitrogens is 1. The Morgan fingerprint density at radius 3 is 2.48 bits per heavy atom. The average Bonchev–Trinajstić information content (AvgIpc) is 2.76. The van der Waals surface area contributed by atoms with E-state index in [1.165, 1.54) is 4.57 Å². The van der Waals surface area contributed by atoms with E-state index in [1.54, 1.807) is 0 Å². The van der Waals surface area contributed by atoms with Gasteiger partial charge in [-0.05, 0) is 30.2 Å². The number of aromatic amines is 1. The van der Waals surface area contributed by atoms with E-state index in [-0.39, 0.29) is 18.1 Å². The number of fused-ring (bicyclic) bond motifs is 1. The Hall–Kier alpha value is -3.20. The molecule has 2 heterocycles. The lowest BCUT2D eigenvalue weighted by molar-refractivity contribution is 0.171. The van der Waals surface area contributed by atoms with Gasteiger partial charge in [0.15, 0.2) is 11.5 Å². The molecule has 1 aliphatic heterocycles. The van der Waals surface area contributed by atoms with Gasteiger partial charge in [-0.1, -0.05) is 46.3 Å². The van der Waals surface area contributed by atoms with Crippen molar-refractivity contribution in [2.75, 3.05) is 30.4 Å². The summed E-state index contributed by atoms with van der Waals surface area (Å²) in [7, 11) is 0. The molecule has 162 valence electrons. The summed E-state index contributed by atoms with van der Waals surface area (Å²) >= 11 is 3.58. The Morgan fingerprint density at radius 2 is 1.81 bits per heavy atom. The molecule has 0 bridgehead atoms. The third kappa shape index (κ3) is 4.32. The van der Waals surface area contributed by atoms with E-state index in [1.807, 2.05) is 54.3 Å². The molecule has 0 saturated heterocycles. The van der Waals surface area contributed by atoms with Crippen molar-refractivity contribution in [3.63, 3.8) is 0 Å². The van der Waals surface area contributed by atoms with Crippen LogP contribution in [0.1, 0.15) is 18.1 Å². The van der Waals surface area contributed by atoms with Crippen molar-refractivity contribution in [3.05, 3.63) is 78.9 Å². The van der Waals surface area contributed by atoms with Gasteiger partial charge in [0.05, 0.1) is 6.54 Å². The summed E-state index contributed by atoms with van der Waals surface area (Å²) in [6.45, 7) is 4.09. The number of anilines is 2. The number of rotatable bonds is 6.